The number of amides is 1. The molecule has 0 bridgehead atoms. The summed E-state index contributed by atoms with van der Waals surface area (Å²) in [6.45, 7) is 1.66. The summed E-state index contributed by atoms with van der Waals surface area (Å²) < 4.78 is 33.0. The molecular weight excluding hydrogens is 366 g/mol. The molecule has 1 aliphatic rings. The summed E-state index contributed by atoms with van der Waals surface area (Å²) >= 11 is 0. The first kappa shape index (κ1) is 19.4. The van der Waals surface area contributed by atoms with E-state index in [0.29, 0.717) is 18.7 Å². The van der Waals surface area contributed by atoms with Crippen molar-refractivity contribution >= 4 is 16.0 Å². The average molecular weight is 389 g/mol. The number of hydrogen-bond acceptors (Lipinski definition) is 5. The van der Waals surface area contributed by atoms with Gasteiger partial charge in [0.15, 0.2) is 0 Å². The smallest absolute Gasteiger partial charge is 0.306 e. The van der Waals surface area contributed by atoms with Gasteiger partial charge >= 0.3 is 10.1 Å². The highest BCUT2D eigenvalue weighted by Crippen LogP contribution is 2.19. The first-order chi connectivity index (χ1) is 12.9. The lowest BCUT2D eigenvalue weighted by molar-refractivity contribution is 0.0507. The Morgan fingerprint density at radius 1 is 1.15 bits per heavy atom. The second-order valence-electron chi connectivity index (χ2n) is 6.62. The Morgan fingerprint density at radius 2 is 1.85 bits per heavy atom. The van der Waals surface area contributed by atoms with Gasteiger partial charge in [-0.2, -0.15) is 8.42 Å². The maximum Gasteiger partial charge on any atom is 0.306 e. The second kappa shape index (κ2) is 8.54. The van der Waals surface area contributed by atoms with Gasteiger partial charge < -0.3 is 13.8 Å². The molecule has 1 heterocycles. The van der Waals surface area contributed by atoms with Crippen LogP contribution in [0.15, 0.2) is 54.6 Å². The Labute approximate surface area is 159 Å². The third-order valence-electron chi connectivity index (χ3n) is 4.30. The summed E-state index contributed by atoms with van der Waals surface area (Å²) in [5.41, 5.74) is 1.52. The highest BCUT2D eigenvalue weighted by atomic mass is 32.2. The van der Waals surface area contributed by atoms with E-state index in [9.17, 15) is 13.2 Å². The van der Waals surface area contributed by atoms with E-state index in [1.807, 2.05) is 18.2 Å². The fourth-order valence-electron chi connectivity index (χ4n) is 3.06. The summed E-state index contributed by atoms with van der Waals surface area (Å²) in [7, 11) is -3.56. The van der Waals surface area contributed by atoms with Crippen molar-refractivity contribution in [3.63, 3.8) is 0 Å². The molecule has 0 radical (unpaired) electrons. The number of carbonyl (C=O) groups is 1. The molecule has 1 fully saturated rings. The van der Waals surface area contributed by atoms with Crippen molar-refractivity contribution in [3.05, 3.63) is 65.7 Å². The Morgan fingerprint density at radius 3 is 2.44 bits per heavy atom. The van der Waals surface area contributed by atoms with Gasteiger partial charge in [0.05, 0.1) is 12.4 Å². The van der Waals surface area contributed by atoms with Crippen LogP contribution in [0.25, 0.3) is 0 Å². The molecule has 2 aromatic carbocycles. The molecule has 144 valence electrons. The van der Waals surface area contributed by atoms with Gasteiger partial charge in [-0.3, -0.25) is 4.79 Å². The molecule has 0 spiro atoms. The molecule has 0 aromatic heterocycles. The molecule has 0 unspecified atom stereocenters. The Hall–Kier alpha value is -2.38. The topological polar surface area (TPSA) is 72.9 Å². The van der Waals surface area contributed by atoms with E-state index in [4.69, 9.17) is 8.92 Å². The van der Waals surface area contributed by atoms with Gasteiger partial charge in [-0.25, -0.2) is 0 Å². The zero-order valence-electron chi connectivity index (χ0n) is 15.2. The van der Waals surface area contributed by atoms with Crippen LogP contribution >= 0.6 is 0 Å². The lowest BCUT2D eigenvalue weighted by atomic mass is 10.1. The Bertz CT molecular complexity index is 859. The lowest BCUT2D eigenvalue weighted by Crippen LogP contribution is -2.36. The van der Waals surface area contributed by atoms with Crippen LogP contribution in [-0.2, 0) is 21.4 Å². The Kier molecular flexibility index (Phi) is 6.13. The minimum absolute atomic E-state index is 0.0468. The molecule has 0 aliphatic carbocycles. The summed E-state index contributed by atoms with van der Waals surface area (Å²) in [4.78, 5) is 14.7. The molecule has 3 rings (SSSR count). The third-order valence-corrected chi connectivity index (χ3v) is 4.80. The van der Waals surface area contributed by atoms with Crippen LogP contribution in [0.4, 0.5) is 0 Å². The van der Waals surface area contributed by atoms with Gasteiger partial charge in [-0.15, -0.1) is 0 Å². The fourth-order valence-corrected chi connectivity index (χ4v) is 3.52. The van der Waals surface area contributed by atoms with Crippen molar-refractivity contribution in [1.82, 2.24) is 4.90 Å². The highest BCUT2D eigenvalue weighted by Gasteiger charge is 2.23. The van der Waals surface area contributed by atoms with Crippen LogP contribution < -0.4 is 4.18 Å². The second-order valence-corrected chi connectivity index (χ2v) is 8.19. The van der Waals surface area contributed by atoms with Crippen LogP contribution in [0.2, 0.25) is 0 Å². The summed E-state index contributed by atoms with van der Waals surface area (Å²) in [5.74, 6) is 0.198. The van der Waals surface area contributed by atoms with E-state index < -0.39 is 10.1 Å². The minimum Gasteiger partial charge on any atom is -0.383 e. The molecule has 7 heteroatoms. The molecule has 27 heavy (non-hydrogen) atoms. The molecule has 0 saturated carbocycles. The molecular formula is C20H23NO5S. The number of hydrogen-bond donors (Lipinski definition) is 0. The van der Waals surface area contributed by atoms with Gasteiger partial charge in [0.2, 0.25) is 0 Å². The zero-order chi connectivity index (χ0) is 19.3. The number of ether oxygens (including phenoxy) is 1. The maximum absolute atomic E-state index is 13.0. The van der Waals surface area contributed by atoms with Gasteiger partial charge in [0.1, 0.15) is 5.75 Å². The van der Waals surface area contributed by atoms with E-state index in [1.54, 1.807) is 41.3 Å². The standard InChI is InChI=1S/C20H23NO5S/c1-27(23,24)26-18-11-9-16(10-12-18)14-21(15-19-8-5-13-25-19)20(22)17-6-3-2-4-7-17/h2-4,6-7,9-12,19H,5,8,13-15H2,1H3/t19-/m1/s1. The third kappa shape index (κ3) is 5.80. The zero-order valence-corrected chi connectivity index (χ0v) is 16.0. The number of nitrogens with zero attached hydrogens (tertiary/aromatic N) is 1. The van der Waals surface area contributed by atoms with Gasteiger partial charge in [0.25, 0.3) is 5.91 Å². The quantitative estimate of drug-likeness (QED) is 0.681. The number of rotatable bonds is 7. The molecule has 1 atom stereocenters. The summed E-state index contributed by atoms with van der Waals surface area (Å²) in [5, 5.41) is 0. The molecule has 1 aliphatic heterocycles. The van der Waals surface area contributed by atoms with Gasteiger partial charge in [-0.05, 0) is 42.7 Å². The van der Waals surface area contributed by atoms with E-state index in [1.165, 1.54) is 0 Å². The first-order valence-corrected chi connectivity index (χ1v) is 10.7. The largest absolute Gasteiger partial charge is 0.383 e. The van der Waals surface area contributed by atoms with Crippen molar-refractivity contribution in [1.29, 1.82) is 0 Å². The minimum atomic E-state index is -3.56. The van der Waals surface area contributed by atoms with Crippen LogP contribution in [0.3, 0.4) is 0 Å². The molecule has 0 N–H and O–H groups in total. The van der Waals surface area contributed by atoms with Crippen molar-refractivity contribution < 1.29 is 22.1 Å². The maximum atomic E-state index is 13.0. The monoisotopic (exact) mass is 389 g/mol. The first-order valence-electron chi connectivity index (χ1n) is 8.85. The molecule has 1 saturated heterocycles. The predicted octanol–water partition coefficient (Wildman–Crippen LogP) is 2.85. The van der Waals surface area contributed by atoms with E-state index >= 15 is 0 Å². The van der Waals surface area contributed by atoms with E-state index in [0.717, 1.165) is 31.3 Å². The van der Waals surface area contributed by atoms with Crippen molar-refractivity contribution in [2.24, 2.45) is 0 Å². The predicted molar refractivity (Wildman–Crippen MR) is 102 cm³/mol. The van der Waals surface area contributed by atoms with Crippen molar-refractivity contribution in [3.8, 4) is 5.75 Å². The van der Waals surface area contributed by atoms with E-state index in [-0.39, 0.29) is 17.8 Å². The summed E-state index contributed by atoms with van der Waals surface area (Å²) in [6, 6.07) is 15.9. The van der Waals surface area contributed by atoms with Crippen molar-refractivity contribution in [2.75, 3.05) is 19.4 Å². The highest BCUT2D eigenvalue weighted by molar-refractivity contribution is 7.86. The summed E-state index contributed by atoms with van der Waals surface area (Å²) in [6.07, 6.45) is 3.00. The van der Waals surface area contributed by atoms with Crippen LogP contribution in [0.1, 0.15) is 28.8 Å². The normalized spacial score (nSPS) is 16.9. The van der Waals surface area contributed by atoms with Crippen molar-refractivity contribution in [2.45, 2.75) is 25.5 Å². The van der Waals surface area contributed by atoms with Crippen LogP contribution in [0.5, 0.6) is 5.75 Å². The van der Waals surface area contributed by atoms with Gasteiger partial charge in [-0.1, -0.05) is 30.3 Å². The van der Waals surface area contributed by atoms with Gasteiger partial charge in [0, 0.05) is 25.3 Å². The Balaban J connectivity index is 1.75. The lowest BCUT2D eigenvalue weighted by Gasteiger charge is -2.26. The van der Waals surface area contributed by atoms with Crippen LogP contribution in [0, 0.1) is 0 Å². The van der Waals surface area contributed by atoms with Crippen LogP contribution in [-0.4, -0.2) is 44.7 Å². The van der Waals surface area contributed by atoms with E-state index in [2.05, 4.69) is 0 Å². The number of carbonyl (C=O) groups excluding carboxylic acids is 1. The number of benzene rings is 2. The SMILES string of the molecule is CS(=O)(=O)Oc1ccc(CN(C[C@H]2CCCO2)C(=O)c2ccccc2)cc1. The molecule has 6 nitrogen and oxygen atoms in total. The molecule has 1 amide bonds. The fraction of sp³-hybridized carbons (Fsp3) is 0.350. The average Bonchev–Trinajstić information content (AvgIpc) is 3.15. The molecule has 2 aromatic rings.